The molecule has 2 aromatic heterocycles. The van der Waals surface area contributed by atoms with Crippen molar-refractivity contribution in [1.82, 2.24) is 35.1 Å². The van der Waals surface area contributed by atoms with E-state index in [9.17, 15) is 49.5 Å². The van der Waals surface area contributed by atoms with Crippen LogP contribution in [0.4, 0.5) is 39.9 Å². The summed E-state index contributed by atoms with van der Waals surface area (Å²) in [6.07, 6.45) is 3.66. The van der Waals surface area contributed by atoms with Gasteiger partial charge in [0.25, 0.3) is 5.91 Å². The van der Waals surface area contributed by atoms with E-state index in [4.69, 9.17) is 15.6 Å². The number of halogens is 8. The summed E-state index contributed by atoms with van der Waals surface area (Å²) < 4.78 is 118. The van der Waals surface area contributed by atoms with Crippen molar-refractivity contribution in [2.75, 3.05) is 26.2 Å². The van der Waals surface area contributed by atoms with Crippen molar-refractivity contribution in [3.63, 3.8) is 0 Å². The molecule has 0 spiro atoms. The van der Waals surface area contributed by atoms with Crippen molar-refractivity contribution in [2.24, 2.45) is 19.8 Å². The first kappa shape index (κ1) is 52.2. The summed E-state index contributed by atoms with van der Waals surface area (Å²) in [5.41, 5.74) is 6.36. The second kappa shape index (κ2) is 22.1. The Kier molecular flexibility index (Phi) is 16.5. The molecular formula is C49H50F8N8O5. The molecule has 2 amide bonds. The molecule has 8 rings (SSSR count). The second-order valence-electron chi connectivity index (χ2n) is 17.6. The molecule has 21 heteroatoms. The lowest BCUT2D eigenvalue weighted by molar-refractivity contribution is 0.0186. The highest BCUT2D eigenvalue weighted by Gasteiger charge is 2.33. The molecule has 2 aliphatic heterocycles. The maximum atomic E-state index is 14.7. The second-order valence-corrected chi connectivity index (χ2v) is 17.6. The number of ether oxygens (including phenoxy) is 1. The van der Waals surface area contributed by atoms with Crippen LogP contribution in [0, 0.1) is 46.5 Å². The number of carbonyl (C=O) groups is 3. The topological polar surface area (TPSA) is 170 Å². The van der Waals surface area contributed by atoms with Gasteiger partial charge in [-0.15, -0.1) is 0 Å². The summed E-state index contributed by atoms with van der Waals surface area (Å²) in [6.45, 7) is 7.20. The van der Waals surface area contributed by atoms with Crippen LogP contribution in [0.25, 0.3) is 22.5 Å². The summed E-state index contributed by atoms with van der Waals surface area (Å²) in [6, 6.07) is 13.0. The first-order valence-electron chi connectivity index (χ1n) is 21.9. The highest BCUT2D eigenvalue weighted by Crippen LogP contribution is 2.31. The van der Waals surface area contributed by atoms with Crippen LogP contribution in [0.3, 0.4) is 0 Å². The number of hydrogen-bond acceptors (Lipinski definition) is 8. The molecule has 4 atom stereocenters. The number of piperidine rings is 2. The maximum Gasteiger partial charge on any atom is 0.410 e. The Balaban J connectivity index is 0.000000181. The Morgan fingerprint density at radius 2 is 1.20 bits per heavy atom. The minimum atomic E-state index is -1.50. The SMILES string of the molecule is CC(C)(C)OC(=O)N1CC[C@@H](c2ccc(F)c(F)c2)[C@H](N)C1.Cn1nccc1-c1cc(F)c(C(=O)N[C@@H]2CNCC[C@H]2c2ccc(F)c(F)c2)cc1F.Cn1nccc1-c1cc(F)c(C(=O)O)cc1F. The lowest BCUT2D eigenvalue weighted by Gasteiger charge is -2.37. The molecule has 13 nitrogen and oxygen atoms in total. The highest BCUT2D eigenvalue weighted by atomic mass is 19.2. The monoisotopic (exact) mass is 982 g/mol. The molecule has 0 aliphatic carbocycles. The fraction of sp³-hybridized carbons (Fsp3) is 0.327. The third-order valence-corrected chi connectivity index (χ3v) is 11.6. The maximum absolute atomic E-state index is 14.7. The normalized spacial score (nSPS) is 17.9. The summed E-state index contributed by atoms with van der Waals surface area (Å²) in [7, 11) is 3.18. The zero-order valence-electron chi connectivity index (χ0n) is 38.6. The van der Waals surface area contributed by atoms with Crippen LogP contribution >= 0.6 is 0 Å². The summed E-state index contributed by atoms with van der Waals surface area (Å²) in [5, 5.41) is 22.2. The molecule has 2 fully saturated rings. The number of aromatic carboxylic acids is 1. The van der Waals surface area contributed by atoms with Gasteiger partial charge in [-0.3, -0.25) is 14.2 Å². The average Bonchev–Trinajstić information content (AvgIpc) is 3.93. The van der Waals surface area contributed by atoms with Gasteiger partial charge in [0.2, 0.25) is 0 Å². The first-order chi connectivity index (χ1) is 33.0. The fourth-order valence-corrected chi connectivity index (χ4v) is 8.13. The van der Waals surface area contributed by atoms with E-state index >= 15 is 0 Å². The Labute approximate surface area is 397 Å². The molecule has 0 saturated carbocycles. The number of aryl methyl sites for hydroxylation is 2. The van der Waals surface area contributed by atoms with Crippen molar-refractivity contribution in [3.8, 4) is 22.5 Å². The first-order valence-corrected chi connectivity index (χ1v) is 21.9. The zero-order valence-corrected chi connectivity index (χ0v) is 38.6. The van der Waals surface area contributed by atoms with E-state index in [2.05, 4.69) is 20.8 Å². The van der Waals surface area contributed by atoms with Crippen LogP contribution in [0.5, 0.6) is 0 Å². The average molecular weight is 983 g/mol. The fourth-order valence-electron chi connectivity index (χ4n) is 8.13. The molecule has 70 heavy (non-hydrogen) atoms. The van der Waals surface area contributed by atoms with Crippen molar-refractivity contribution in [1.29, 1.82) is 0 Å². The number of benzene rings is 4. The van der Waals surface area contributed by atoms with Crippen LogP contribution in [-0.2, 0) is 18.8 Å². The van der Waals surface area contributed by atoms with Gasteiger partial charge in [0.1, 0.15) is 28.9 Å². The molecule has 6 aromatic rings. The molecule has 2 aliphatic rings. The van der Waals surface area contributed by atoms with E-state index < -0.39 is 87.3 Å². The number of nitrogens with two attached hydrogens (primary N) is 1. The van der Waals surface area contributed by atoms with Gasteiger partial charge in [0.15, 0.2) is 23.3 Å². The van der Waals surface area contributed by atoms with Crippen LogP contribution in [0.2, 0.25) is 0 Å². The van der Waals surface area contributed by atoms with Gasteiger partial charge in [0, 0.05) is 81.2 Å². The van der Waals surface area contributed by atoms with E-state index in [0.29, 0.717) is 67.6 Å². The Morgan fingerprint density at radius 3 is 1.67 bits per heavy atom. The minimum Gasteiger partial charge on any atom is -0.478 e. The summed E-state index contributed by atoms with van der Waals surface area (Å²) in [4.78, 5) is 37.0. The Morgan fingerprint density at radius 1 is 0.686 bits per heavy atom. The number of nitrogens with one attached hydrogen (secondary N) is 2. The molecule has 0 radical (unpaired) electrons. The predicted octanol–water partition coefficient (Wildman–Crippen LogP) is 8.60. The Bertz CT molecular complexity index is 2870. The van der Waals surface area contributed by atoms with Gasteiger partial charge in [-0.1, -0.05) is 12.1 Å². The number of carboxylic acids is 1. The number of hydrogen-bond donors (Lipinski definition) is 4. The molecular weight excluding hydrogens is 933 g/mol. The van der Waals surface area contributed by atoms with Gasteiger partial charge in [-0.05, 0) is 112 Å². The molecule has 5 N–H and O–H groups in total. The molecule has 0 unspecified atom stereocenters. The van der Waals surface area contributed by atoms with Crippen molar-refractivity contribution in [2.45, 2.75) is 63.1 Å². The van der Waals surface area contributed by atoms with Gasteiger partial charge in [0.05, 0.1) is 22.5 Å². The number of carbonyl (C=O) groups excluding carboxylic acids is 2. The molecule has 2 saturated heterocycles. The zero-order chi connectivity index (χ0) is 51.2. The van der Waals surface area contributed by atoms with Gasteiger partial charge >= 0.3 is 12.1 Å². The van der Waals surface area contributed by atoms with Gasteiger partial charge in [-0.25, -0.2) is 44.7 Å². The predicted molar refractivity (Wildman–Crippen MR) is 241 cm³/mol. The minimum absolute atomic E-state index is 0.00644. The smallest absolute Gasteiger partial charge is 0.410 e. The summed E-state index contributed by atoms with van der Waals surface area (Å²) >= 11 is 0. The van der Waals surface area contributed by atoms with Gasteiger partial charge in [-0.2, -0.15) is 10.2 Å². The number of likely N-dealkylation sites (tertiary alicyclic amines) is 1. The molecule has 372 valence electrons. The third-order valence-electron chi connectivity index (χ3n) is 11.6. The van der Waals surface area contributed by atoms with Crippen LogP contribution in [-0.4, -0.2) is 91.4 Å². The van der Waals surface area contributed by atoms with E-state index in [1.54, 1.807) is 45.8 Å². The van der Waals surface area contributed by atoms with Crippen LogP contribution < -0.4 is 16.4 Å². The number of amides is 2. The van der Waals surface area contributed by atoms with Gasteiger partial charge < -0.3 is 31.1 Å². The number of carboxylic acid groups (broad SMARTS) is 1. The highest BCUT2D eigenvalue weighted by molar-refractivity contribution is 5.95. The van der Waals surface area contributed by atoms with Crippen molar-refractivity contribution in [3.05, 3.63) is 154 Å². The van der Waals surface area contributed by atoms with E-state index in [0.717, 1.165) is 36.4 Å². The van der Waals surface area contributed by atoms with E-state index in [1.807, 2.05) is 0 Å². The van der Waals surface area contributed by atoms with E-state index in [-0.39, 0.29) is 29.0 Å². The quantitative estimate of drug-likeness (QED) is 0.115. The molecule has 0 bridgehead atoms. The van der Waals surface area contributed by atoms with Crippen LogP contribution in [0.15, 0.2) is 85.2 Å². The van der Waals surface area contributed by atoms with Crippen LogP contribution in [0.1, 0.15) is 77.3 Å². The van der Waals surface area contributed by atoms with E-state index in [1.165, 1.54) is 46.0 Å². The number of nitrogens with zero attached hydrogens (tertiary/aromatic N) is 5. The Hall–Kier alpha value is -7.13. The standard InChI is InChI=1S/C22H20F4N4O.C16H22F2N2O2.C11H8F2N2O2/c1-30-21(5-7-28-30)14-9-18(25)15(10-17(14)24)22(31)29-20-11-27-6-4-13(20)12-2-3-16(23)19(26)8-12;1-16(2,3)22-15(21)20-7-6-11(14(19)9-20)10-4-5-12(17)13(18)8-10;1-15-10(2-3-14-15)6-4-9(13)7(11(16)17)5-8(6)12/h2-3,5,7-10,13,20,27H,4,6,11H2,1H3,(H,29,31);4-5,8,11,14H,6-7,9,19H2,1-3H3;2-5H,1H3,(H,16,17)/t13-,20+;11-,14+;/m00./s1. The number of aromatic nitrogens is 4. The molecule has 4 aromatic carbocycles. The molecule has 4 heterocycles. The lowest BCUT2D eigenvalue weighted by atomic mass is 9.85. The lowest BCUT2D eigenvalue weighted by Crippen LogP contribution is -2.50. The van der Waals surface area contributed by atoms with Crippen molar-refractivity contribution >= 4 is 18.0 Å². The number of rotatable bonds is 7. The largest absolute Gasteiger partial charge is 0.478 e. The van der Waals surface area contributed by atoms with Crippen molar-refractivity contribution < 1.29 is 59.4 Å². The third kappa shape index (κ3) is 12.5. The summed E-state index contributed by atoms with van der Waals surface area (Å²) in [5.74, 6) is -9.77.